The Hall–Kier alpha value is -0.710. The molecule has 1 nitrogen and oxygen atoms in total. The summed E-state index contributed by atoms with van der Waals surface area (Å²) in [5.74, 6) is 0.489. The van der Waals surface area contributed by atoms with E-state index in [-0.39, 0.29) is 4.47 Å². The fraction of sp³-hybridized carbons (Fsp3) is 0.538. The Labute approximate surface area is 114 Å². The van der Waals surface area contributed by atoms with E-state index in [1.807, 2.05) is 0 Å². The van der Waals surface area contributed by atoms with Crippen molar-refractivity contribution in [1.82, 2.24) is 0 Å². The standard InChI is InChI=1S/C13H17BrF3N/c1-3-9(4-2)8-18-10-5-6-12(14)11(7-10)13(15,16)17/h5-7,9,18H,3-4,8H2,1-2H3. The Bertz CT molecular complexity index is 386. The summed E-state index contributed by atoms with van der Waals surface area (Å²) >= 11 is 2.93. The van der Waals surface area contributed by atoms with Gasteiger partial charge in [0.1, 0.15) is 0 Å². The highest BCUT2D eigenvalue weighted by Crippen LogP contribution is 2.36. The lowest BCUT2D eigenvalue weighted by Gasteiger charge is -2.16. The zero-order valence-corrected chi connectivity index (χ0v) is 12.0. The highest BCUT2D eigenvalue weighted by Gasteiger charge is 2.33. The Morgan fingerprint density at radius 3 is 2.33 bits per heavy atom. The number of nitrogens with one attached hydrogen (secondary N) is 1. The van der Waals surface area contributed by atoms with Crippen molar-refractivity contribution in [3.05, 3.63) is 28.2 Å². The number of hydrogen-bond donors (Lipinski definition) is 1. The Morgan fingerprint density at radius 1 is 1.22 bits per heavy atom. The van der Waals surface area contributed by atoms with Crippen LogP contribution in [0.4, 0.5) is 18.9 Å². The molecule has 102 valence electrons. The van der Waals surface area contributed by atoms with Crippen LogP contribution < -0.4 is 5.32 Å². The molecule has 0 atom stereocenters. The summed E-state index contributed by atoms with van der Waals surface area (Å²) < 4.78 is 38.2. The molecule has 0 fully saturated rings. The molecule has 0 saturated heterocycles. The second-order valence-electron chi connectivity index (χ2n) is 4.26. The maximum atomic E-state index is 12.7. The van der Waals surface area contributed by atoms with Gasteiger partial charge < -0.3 is 5.32 Å². The minimum absolute atomic E-state index is 0.0723. The summed E-state index contributed by atoms with van der Waals surface area (Å²) in [4.78, 5) is 0. The molecule has 0 aliphatic carbocycles. The van der Waals surface area contributed by atoms with E-state index < -0.39 is 11.7 Å². The van der Waals surface area contributed by atoms with Crippen LogP contribution in [-0.4, -0.2) is 6.54 Å². The van der Waals surface area contributed by atoms with Crippen molar-refractivity contribution in [3.63, 3.8) is 0 Å². The first-order valence-corrected chi connectivity index (χ1v) is 6.78. The van der Waals surface area contributed by atoms with Crippen molar-refractivity contribution < 1.29 is 13.2 Å². The average Bonchev–Trinajstić information content (AvgIpc) is 2.31. The molecule has 0 heterocycles. The van der Waals surface area contributed by atoms with Crippen LogP contribution in [0.3, 0.4) is 0 Å². The first-order valence-electron chi connectivity index (χ1n) is 5.99. The van der Waals surface area contributed by atoms with Gasteiger partial charge in [-0.3, -0.25) is 0 Å². The van der Waals surface area contributed by atoms with Crippen LogP contribution in [-0.2, 0) is 6.18 Å². The molecule has 5 heteroatoms. The minimum Gasteiger partial charge on any atom is -0.385 e. The minimum atomic E-state index is -4.33. The zero-order chi connectivity index (χ0) is 13.8. The molecule has 0 aromatic heterocycles. The number of halogens is 4. The molecular weight excluding hydrogens is 307 g/mol. The van der Waals surface area contributed by atoms with Crippen molar-refractivity contribution in [2.75, 3.05) is 11.9 Å². The smallest absolute Gasteiger partial charge is 0.385 e. The van der Waals surface area contributed by atoms with Gasteiger partial charge in [0.15, 0.2) is 0 Å². The number of benzene rings is 1. The average molecular weight is 324 g/mol. The number of alkyl halides is 3. The fourth-order valence-corrected chi connectivity index (χ4v) is 2.16. The molecule has 18 heavy (non-hydrogen) atoms. The third-order valence-electron chi connectivity index (χ3n) is 3.02. The summed E-state index contributed by atoms with van der Waals surface area (Å²) in [6.45, 7) is 4.86. The summed E-state index contributed by atoms with van der Waals surface area (Å²) in [6.07, 6.45) is -2.29. The van der Waals surface area contributed by atoms with Gasteiger partial charge in [-0.25, -0.2) is 0 Å². The Balaban J connectivity index is 2.80. The van der Waals surface area contributed by atoms with Gasteiger partial charge >= 0.3 is 6.18 Å². The summed E-state index contributed by atoms with van der Waals surface area (Å²) in [6, 6.07) is 4.23. The molecule has 1 N–H and O–H groups in total. The van der Waals surface area contributed by atoms with Crippen LogP contribution in [0.1, 0.15) is 32.3 Å². The van der Waals surface area contributed by atoms with Crippen LogP contribution in [0.5, 0.6) is 0 Å². The van der Waals surface area contributed by atoms with Crippen LogP contribution in [0.25, 0.3) is 0 Å². The Kier molecular flexibility index (Phi) is 5.50. The van der Waals surface area contributed by atoms with E-state index in [1.165, 1.54) is 6.07 Å². The van der Waals surface area contributed by atoms with Crippen LogP contribution in [0.2, 0.25) is 0 Å². The van der Waals surface area contributed by atoms with Gasteiger partial charge in [0.25, 0.3) is 0 Å². The van der Waals surface area contributed by atoms with E-state index in [4.69, 9.17) is 0 Å². The van der Waals surface area contributed by atoms with Gasteiger partial charge in [0, 0.05) is 16.7 Å². The lowest BCUT2D eigenvalue weighted by Crippen LogP contribution is -2.13. The second kappa shape index (κ2) is 6.45. The van der Waals surface area contributed by atoms with E-state index in [1.54, 1.807) is 6.07 Å². The molecule has 1 rings (SSSR count). The van der Waals surface area contributed by atoms with Crippen molar-refractivity contribution >= 4 is 21.6 Å². The van der Waals surface area contributed by atoms with Crippen LogP contribution >= 0.6 is 15.9 Å². The highest BCUT2D eigenvalue weighted by molar-refractivity contribution is 9.10. The van der Waals surface area contributed by atoms with Gasteiger partial charge in [-0.1, -0.05) is 42.6 Å². The molecule has 0 amide bonds. The Morgan fingerprint density at radius 2 is 1.83 bits per heavy atom. The van der Waals surface area contributed by atoms with Gasteiger partial charge in [0.05, 0.1) is 5.56 Å². The van der Waals surface area contributed by atoms with E-state index in [2.05, 4.69) is 35.1 Å². The summed E-state index contributed by atoms with van der Waals surface area (Å²) in [5, 5.41) is 3.07. The van der Waals surface area contributed by atoms with Crippen molar-refractivity contribution in [2.45, 2.75) is 32.9 Å². The molecule has 1 aromatic carbocycles. The van der Waals surface area contributed by atoms with Gasteiger partial charge in [-0.05, 0) is 24.1 Å². The normalized spacial score (nSPS) is 11.9. The highest BCUT2D eigenvalue weighted by atomic mass is 79.9. The first kappa shape index (κ1) is 15.3. The third-order valence-corrected chi connectivity index (χ3v) is 3.71. The second-order valence-corrected chi connectivity index (χ2v) is 5.11. The third kappa shape index (κ3) is 4.19. The molecule has 0 aliphatic heterocycles. The molecule has 0 bridgehead atoms. The summed E-state index contributed by atoms with van der Waals surface area (Å²) in [7, 11) is 0. The first-order chi connectivity index (χ1) is 8.38. The SMILES string of the molecule is CCC(CC)CNc1ccc(Br)c(C(F)(F)F)c1. The lowest BCUT2D eigenvalue weighted by atomic mass is 10.0. The number of rotatable bonds is 5. The van der Waals surface area contributed by atoms with Crippen LogP contribution in [0.15, 0.2) is 22.7 Å². The molecule has 1 aromatic rings. The molecular formula is C13H17BrF3N. The number of anilines is 1. The van der Waals surface area contributed by atoms with E-state index >= 15 is 0 Å². The molecule has 0 unspecified atom stereocenters. The quantitative estimate of drug-likeness (QED) is 0.773. The number of hydrogen-bond acceptors (Lipinski definition) is 1. The van der Waals surface area contributed by atoms with E-state index in [0.29, 0.717) is 18.2 Å². The maximum Gasteiger partial charge on any atom is 0.417 e. The van der Waals surface area contributed by atoms with Crippen molar-refractivity contribution in [1.29, 1.82) is 0 Å². The fourth-order valence-electron chi connectivity index (χ4n) is 1.69. The molecule has 0 aliphatic rings. The zero-order valence-electron chi connectivity index (χ0n) is 10.4. The van der Waals surface area contributed by atoms with E-state index in [9.17, 15) is 13.2 Å². The van der Waals surface area contributed by atoms with Gasteiger partial charge in [-0.15, -0.1) is 0 Å². The predicted molar refractivity (Wildman–Crippen MR) is 71.7 cm³/mol. The molecule has 0 saturated carbocycles. The molecule has 0 radical (unpaired) electrons. The molecule has 0 spiro atoms. The maximum absolute atomic E-state index is 12.7. The summed E-state index contributed by atoms with van der Waals surface area (Å²) in [5.41, 5.74) is -0.130. The van der Waals surface area contributed by atoms with Gasteiger partial charge in [0.2, 0.25) is 0 Å². The van der Waals surface area contributed by atoms with E-state index in [0.717, 1.165) is 18.9 Å². The van der Waals surface area contributed by atoms with Gasteiger partial charge in [-0.2, -0.15) is 13.2 Å². The topological polar surface area (TPSA) is 12.0 Å². The largest absolute Gasteiger partial charge is 0.417 e. The monoisotopic (exact) mass is 323 g/mol. The van der Waals surface area contributed by atoms with Crippen LogP contribution in [0, 0.1) is 5.92 Å². The lowest BCUT2D eigenvalue weighted by molar-refractivity contribution is -0.138. The van der Waals surface area contributed by atoms with Crippen molar-refractivity contribution in [3.8, 4) is 0 Å². The predicted octanol–water partition coefficient (Wildman–Crippen LogP) is 5.32. The van der Waals surface area contributed by atoms with Crippen molar-refractivity contribution in [2.24, 2.45) is 5.92 Å².